The van der Waals surface area contributed by atoms with Crippen molar-refractivity contribution in [3.8, 4) is 40.1 Å². The van der Waals surface area contributed by atoms with Crippen LogP contribution in [0.5, 0.6) is 23.0 Å². The zero-order valence-corrected chi connectivity index (χ0v) is 24.8. The molecule has 3 heterocycles. The van der Waals surface area contributed by atoms with E-state index in [1.807, 2.05) is 24.3 Å². The van der Waals surface area contributed by atoms with Crippen molar-refractivity contribution >= 4 is 22.6 Å². The molecule has 0 fully saturated rings. The lowest BCUT2D eigenvalue weighted by atomic mass is 9.98. The van der Waals surface area contributed by atoms with Crippen LogP contribution >= 0.6 is 0 Å². The number of para-hydroxylation sites is 1. The van der Waals surface area contributed by atoms with Crippen molar-refractivity contribution in [2.45, 2.75) is 19.4 Å². The molecule has 0 radical (unpaired) electrons. The SMILES string of the molecule is O=C(Nc1cc(O)c(O)cc1-c1nnn(-c2ccc(CCN3CCc4cc(O)c(O)cc4C3)cc2)n1)c1cc(=O)c2ccccc2o1. The van der Waals surface area contributed by atoms with Gasteiger partial charge >= 0.3 is 0 Å². The molecule has 0 atom stereocenters. The van der Waals surface area contributed by atoms with Crippen molar-refractivity contribution < 1.29 is 29.6 Å². The lowest BCUT2D eigenvalue weighted by molar-refractivity contribution is 0.0997. The first-order valence-electron chi connectivity index (χ1n) is 14.8. The van der Waals surface area contributed by atoms with Crippen LogP contribution in [0, 0.1) is 0 Å². The Bertz CT molecular complexity index is 2210. The largest absolute Gasteiger partial charge is 0.504 e. The molecule has 1 amide bonds. The van der Waals surface area contributed by atoms with Crippen LogP contribution in [0.25, 0.3) is 28.0 Å². The lowest BCUT2D eigenvalue weighted by Crippen LogP contribution is -2.32. The normalized spacial score (nSPS) is 13.0. The van der Waals surface area contributed by atoms with Crippen LogP contribution in [0.4, 0.5) is 5.69 Å². The zero-order chi connectivity index (χ0) is 32.7. The van der Waals surface area contributed by atoms with E-state index in [9.17, 15) is 30.0 Å². The predicted octanol–water partition coefficient (Wildman–Crippen LogP) is 4.11. The monoisotopic (exact) mass is 632 g/mol. The molecule has 5 N–H and O–H groups in total. The van der Waals surface area contributed by atoms with Gasteiger partial charge in [0.1, 0.15) is 5.58 Å². The van der Waals surface area contributed by atoms with Crippen molar-refractivity contribution in [2.75, 3.05) is 18.4 Å². The molecule has 0 spiro atoms. The maximum atomic E-state index is 13.1. The number of carbonyl (C=O) groups is 1. The van der Waals surface area contributed by atoms with Crippen LogP contribution < -0.4 is 10.7 Å². The highest BCUT2D eigenvalue weighted by Gasteiger charge is 2.21. The van der Waals surface area contributed by atoms with Gasteiger partial charge in [-0.3, -0.25) is 14.5 Å². The molecule has 0 unspecified atom stereocenters. The van der Waals surface area contributed by atoms with Crippen molar-refractivity contribution in [3.05, 3.63) is 112 Å². The minimum atomic E-state index is -0.756. The summed E-state index contributed by atoms with van der Waals surface area (Å²) in [6.45, 7) is 2.36. The number of phenols is 4. The number of nitrogens with one attached hydrogen (secondary N) is 1. The van der Waals surface area contributed by atoms with E-state index in [0.29, 0.717) is 17.6 Å². The summed E-state index contributed by atoms with van der Waals surface area (Å²) in [7, 11) is 0. The Hall–Kier alpha value is -6.21. The van der Waals surface area contributed by atoms with E-state index in [1.54, 1.807) is 36.4 Å². The van der Waals surface area contributed by atoms with E-state index in [1.165, 1.54) is 10.9 Å². The molecule has 1 aliphatic heterocycles. The third-order valence-corrected chi connectivity index (χ3v) is 8.15. The first-order chi connectivity index (χ1) is 22.7. The molecular formula is C34H28N6O7. The number of amides is 1. The number of benzene rings is 4. The number of nitrogens with zero attached hydrogens (tertiary/aromatic N) is 5. The molecule has 13 nitrogen and oxygen atoms in total. The number of rotatable bonds is 7. The number of hydrogen-bond acceptors (Lipinski definition) is 11. The Kier molecular flexibility index (Phi) is 7.50. The van der Waals surface area contributed by atoms with Gasteiger partial charge in [-0.2, -0.15) is 0 Å². The van der Waals surface area contributed by atoms with Gasteiger partial charge in [0, 0.05) is 31.8 Å². The minimum Gasteiger partial charge on any atom is -0.504 e. The van der Waals surface area contributed by atoms with Crippen LogP contribution in [0.15, 0.2) is 88.1 Å². The molecule has 0 saturated heterocycles. The van der Waals surface area contributed by atoms with Crippen LogP contribution in [-0.4, -0.2) is 64.5 Å². The number of aromatic nitrogens is 4. The molecule has 6 aromatic rings. The highest BCUT2D eigenvalue weighted by atomic mass is 16.3. The van der Waals surface area contributed by atoms with E-state index in [-0.39, 0.29) is 45.3 Å². The fraction of sp³-hybridized carbons (Fsp3) is 0.147. The van der Waals surface area contributed by atoms with Gasteiger partial charge in [0.15, 0.2) is 34.2 Å². The summed E-state index contributed by atoms with van der Waals surface area (Å²) in [5, 5.41) is 55.7. The Labute approximate surface area is 266 Å². The molecule has 0 bridgehead atoms. The smallest absolute Gasteiger partial charge is 0.291 e. The average Bonchev–Trinajstić information content (AvgIpc) is 3.56. The zero-order valence-electron chi connectivity index (χ0n) is 24.8. The minimum absolute atomic E-state index is 0.0587. The van der Waals surface area contributed by atoms with Gasteiger partial charge in [-0.15, -0.1) is 15.0 Å². The summed E-state index contributed by atoms with van der Waals surface area (Å²) >= 11 is 0. The number of carbonyl (C=O) groups excluding carboxylic acids is 1. The van der Waals surface area contributed by atoms with Crippen LogP contribution in [-0.2, 0) is 19.4 Å². The molecule has 2 aromatic heterocycles. The van der Waals surface area contributed by atoms with Gasteiger partial charge in [-0.05, 0) is 77.2 Å². The summed E-state index contributed by atoms with van der Waals surface area (Å²) in [6.07, 6.45) is 1.59. The fourth-order valence-corrected chi connectivity index (χ4v) is 5.61. The maximum Gasteiger partial charge on any atom is 0.291 e. The fourth-order valence-electron chi connectivity index (χ4n) is 5.61. The van der Waals surface area contributed by atoms with E-state index in [2.05, 4.69) is 25.6 Å². The van der Waals surface area contributed by atoms with E-state index < -0.39 is 17.4 Å². The Morgan fingerprint density at radius 3 is 2.40 bits per heavy atom. The second-order valence-electron chi connectivity index (χ2n) is 11.3. The highest BCUT2D eigenvalue weighted by Crippen LogP contribution is 2.36. The summed E-state index contributed by atoms with van der Waals surface area (Å²) in [4.78, 5) is 29.2. The quantitative estimate of drug-likeness (QED) is 0.126. The number of tetrazole rings is 1. The van der Waals surface area contributed by atoms with E-state index >= 15 is 0 Å². The molecule has 0 saturated carbocycles. The van der Waals surface area contributed by atoms with Crippen molar-refractivity contribution in [2.24, 2.45) is 0 Å². The van der Waals surface area contributed by atoms with Crippen LogP contribution in [0.3, 0.4) is 0 Å². The lowest BCUT2D eigenvalue weighted by Gasteiger charge is -2.29. The van der Waals surface area contributed by atoms with Crippen molar-refractivity contribution in [3.63, 3.8) is 0 Å². The molecule has 47 heavy (non-hydrogen) atoms. The summed E-state index contributed by atoms with van der Waals surface area (Å²) in [6, 6.07) is 20.9. The number of hydrogen-bond donors (Lipinski definition) is 5. The van der Waals surface area contributed by atoms with Gasteiger partial charge in [0.25, 0.3) is 5.91 Å². The molecule has 1 aliphatic rings. The van der Waals surface area contributed by atoms with Gasteiger partial charge < -0.3 is 30.2 Å². The predicted molar refractivity (Wildman–Crippen MR) is 171 cm³/mol. The third-order valence-electron chi connectivity index (χ3n) is 8.15. The summed E-state index contributed by atoms with van der Waals surface area (Å²) in [5.41, 5.74) is 3.88. The van der Waals surface area contributed by atoms with Crippen molar-refractivity contribution in [1.82, 2.24) is 25.1 Å². The van der Waals surface area contributed by atoms with E-state index in [0.717, 1.165) is 54.8 Å². The third kappa shape index (κ3) is 5.94. The molecular weight excluding hydrogens is 604 g/mol. The maximum absolute atomic E-state index is 13.1. The number of fused-ring (bicyclic) bond motifs is 2. The van der Waals surface area contributed by atoms with Gasteiger partial charge in [0.2, 0.25) is 5.82 Å². The summed E-state index contributed by atoms with van der Waals surface area (Å²) in [5.74, 6) is -2.08. The second kappa shape index (κ2) is 11.9. The number of anilines is 1. The van der Waals surface area contributed by atoms with Crippen LogP contribution in [0.2, 0.25) is 0 Å². The second-order valence-corrected chi connectivity index (χ2v) is 11.3. The number of phenolic OH excluding ortho intramolecular Hbond substituents is 4. The first-order valence-corrected chi connectivity index (χ1v) is 14.8. The summed E-state index contributed by atoms with van der Waals surface area (Å²) < 4.78 is 5.63. The highest BCUT2D eigenvalue weighted by molar-refractivity contribution is 6.05. The first kappa shape index (κ1) is 29.5. The standard InChI is InChI=1S/C34H28N6O7/c41-26-17-32(47-31-4-2-1-3-23(26)31)34(46)35-25-16-30(45)29(44)15-24(25)33-36-38-40(37-33)22-7-5-19(6-8-22)9-11-39-12-10-20-13-27(42)28(43)14-21(20)18-39/h1-8,13-17,42-45H,9-12,18H2,(H,35,46). The van der Waals surface area contributed by atoms with Gasteiger partial charge in [-0.1, -0.05) is 24.3 Å². The van der Waals surface area contributed by atoms with Gasteiger partial charge in [-0.25, -0.2) is 0 Å². The molecule has 4 aromatic carbocycles. The molecule has 236 valence electrons. The molecule has 7 rings (SSSR count). The molecule has 13 heteroatoms. The Balaban J connectivity index is 1.06. The average molecular weight is 633 g/mol. The molecule has 0 aliphatic carbocycles. The van der Waals surface area contributed by atoms with Crippen molar-refractivity contribution in [1.29, 1.82) is 0 Å². The Morgan fingerprint density at radius 2 is 1.60 bits per heavy atom. The van der Waals surface area contributed by atoms with Crippen LogP contribution in [0.1, 0.15) is 27.2 Å². The topological polar surface area (TPSA) is 187 Å². The Morgan fingerprint density at radius 1 is 0.872 bits per heavy atom. The van der Waals surface area contributed by atoms with Gasteiger partial charge in [0.05, 0.1) is 22.3 Å². The number of aromatic hydroxyl groups is 4. The van der Waals surface area contributed by atoms with E-state index in [4.69, 9.17) is 4.42 Å².